The van der Waals surface area contributed by atoms with E-state index in [0.717, 1.165) is 5.69 Å². The Kier molecular flexibility index (Phi) is 7.47. The molecule has 0 aliphatic rings. The largest absolute Gasteiger partial charge is 0.345 e. The molecule has 0 unspecified atom stereocenters. The van der Waals surface area contributed by atoms with Crippen LogP contribution in [0.25, 0.3) is 0 Å². The van der Waals surface area contributed by atoms with Crippen LogP contribution in [0.4, 0.5) is 0 Å². The van der Waals surface area contributed by atoms with Gasteiger partial charge in [-0.05, 0) is 18.9 Å². The Labute approximate surface area is 130 Å². The Balaban J connectivity index is 0.00000361. The van der Waals surface area contributed by atoms with Gasteiger partial charge in [-0.25, -0.2) is 0 Å². The smallest absolute Gasteiger partial charge is 0.307 e. The van der Waals surface area contributed by atoms with Crippen molar-refractivity contribution in [1.82, 2.24) is 9.47 Å². The van der Waals surface area contributed by atoms with E-state index in [9.17, 15) is 9.59 Å². The minimum atomic E-state index is -0.0838. The van der Waals surface area contributed by atoms with Crippen molar-refractivity contribution >= 4 is 29.7 Å². The van der Waals surface area contributed by atoms with E-state index < -0.39 is 0 Å². The average Bonchev–Trinajstić information content (AvgIpc) is 2.65. The van der Waals surface area contributed by atoms with Crippen LogP contribution in [-0.4, -0.2) is 35.5 Å². The fourth-order valence-electron chi connectivity index (χ4n) is 1.87. The maximum absolute atomic E-state index is 12.0. The molecule has 0 radical (unpaired) electrons. The van der Waals surface area contributed by atoms with Gasteiger partial charge in [-0.2, -0.15) is 0 Å². The zero-order valence-corrected chi connectivity index (χ0v) is 14.1. The highest BCUT2D eigenvalue weighted by Gasteiger charge is 2.21. The van der Waals surface area contributed by atoms with Crippen LogP contribution in [0.15, 0.2) is 10.2 Å². The lowest BCUT2D eigenvalue weighted by molar-refractivity contribution is -0.131. The van der Waals surface area contributed by atoms with Gasteiger partial charge in [-0.1, -0.05) is 25.2 Å². The standard InChI is InChI=1S/C13H23N3O2S.ClH/c1-10-7-19-12(18)16(10)6-5-11(17)15(4)9-13(2,3)8-14;/h7H,5-6,8-9,14H2,1-4H3;1H. The summed E-state index contributed by atoms with van der Waals surface area (Å²) in [5.41, 5.74) is 6.49. The number of hydrogen-bond acceptors (Lipinski definition) is 4. The SMILES string of the molecule is Cc1csc(=O)n1CCC(=O)N(C)CC(C)(C)CN.Cl. The van der Waals surface area contributed by atoms with Gasteiger partial charge in [0.25, 0.3) is 0 Å². The second kappa shape index (κ2) is 7.81. The van der Waals surface area contributed by atoms with Gasteiger partial charge in [0.1, 0.15) is 0 Å². The van der Waals surface area contributed by atoms with Crippen molar-refractivity contribution in [2.24, 2.45) is 11.1 Å². The van der Waals surface area contributed by atoms with E-state index in [-0.39, 0.29) is 28.6 Å². The van der Waals surface area contributed by atoms with Gasteiger partial charge in [0.05, 0.1) is 0 Å². The number of carbonyl (C=O) groups is 1. The molecule has 0 aliphatic heterocycles. The molecule has 20 heavy (non-hydrogen) atoms. The van der Waals surface area contributed by atoms with E-state index in [1.807, 2.05) is 26.2 Å². The summed E-state index contributed by atoms with van der Waals surface area (Å²) in [6.45, 7) is 7.55. The third-order valence-corrected chi connectivity index (χ3v) is 4.05. The Morgan fingerprint density at radius 1 is 1.50 bits per heavy atom. The van der Waals surface area contributed by atoms with E-state index in [1.165, 1.54) is 11.3 Å². The Morgan fingerprint density at radius 2 is 2.10 bits per heavy atom. The second-order valence-corrected chi connectivity index (χ2v) is 6.48. The van der Waals surface area contributed by atoms with Crippen molar-refractivity contribution < 1.29 is 4.79 Å². The maximum Gasteiger partial charge on any atom is 0.307 e. The molecule has 1 heterocycles. The quantitative estimate of drug-likeness (QED) is 0.862. The van der Waals surface area contributed by atoms with Crippen molar-refractivity contribution in [2.75, 3.05) is 20.1 Å². The molecule has 0 saturated carbocycles. The highest BCUT2D eigenvalue weighted by Crippen LogP contribution is 2.14. The second-order valence-electron chi connectivity index (χ2n) is 5.66. The van der Waals surface area contributed by atoms with Crippen LogP contribution >= 0.6 is 23.7 Å². The van der Waals surface area contributed by atoms with Gasteiger partial charge in [-0.15, -0.1) is 12.4 Å². The topological polar surface area (TPSA) is 68.3 Å². The number of aromatic nitrogens is 1. The van der Waals surface area contributed by atoms with Crippen molar-refractivity contribution in [3.63, 3.8) is 0 Å². The lowest BCUT2D eigenvalue weighted by Crippen LogP contribution is -2.40. The molecule has 0 saturated heterocycles. The van der Waals surface area contributed by atoms with Crippen molar-refractivity contribution in [3.8, 4) is 0 Å². The highest BCUT2D eigenvalue weighted by molar-refractivity contribution is 7.07. The maximum atomic E-state index is 12.0. The van der Waals surface area contributed by atoms with E-state index in [4.69, 9.17) is 5.73 Å². The zero-order chi connectivity index (χ0) is 14.6. The van der Waals surface area contributed by atoms with Crippen LogP contribution in [0.1, 0.15) is 26.0 Å². The summed E-state index contributed by atoms with van der Waals surface area (Å²) in [7, 11) is 1.78. The molecular weight excluding hydrogens is 298 g/mol. The van der Waals surface area contributed by atoms with E-state index in [2.05, 4.69) is 0 Å². The van der Waals surface area contributed by atoms with Gasteiger partial charge in [-0.3, -0.25) is 9.59 Å². The molecule has 1 aromatic rings. The normalized spacial score (nSPS) is 11.1. The Bertz CT molecular complexity index is 496. The van der Waals surface area contributed by atoms with Crippen LogP contribution in [0.2, 0.25) is 0 Å². The lowest BCUT2D eigenvalue weighted by Gasteiger charge is -2.29. The van der Waals surface area contributed by atoms with Crippen molar-refractivity contribution in [3.05, 3.63) is 20.7 Å². The predicted molar refractivity (Wildman–Crippen MR) is 85.7 cm³/mol. The number of halogens is 1. The van der Waals surface area contributed by atoms with Gasteiger partial charge in [0.2, 0.25) is 5.91 Å². The molecule has 0 bridgehead atoms. The number of aryl methyl sites for hydroxylation is 1. The number of rotatable bonds is 6. The molecule has 0 aromatic carbocycles. The van der Waals surface area contributed by atoms with Crippen LogP contribution in [0, 0.1) is 12.3 Å². The highest BCUT2D eigenvalue weighted by atomic mass is 35.5. The summed E-state index contributed by atoms with van der Waals surface area (Å²) in [4.78, 5) is 25.3. The number of amides is 1. The Hall–Kier alpha value is -0.850. The monoisotopic (exact) mass is 321 g/mol. The van der Waals surface area contributed by atoms with Gasteiger partial charge in [0, 0.05) is 37.6 Å². The molecule has 116 valence electrons. The first-order chi connectivity index (χ1) is 8.76. The van der Waals surface area contributed by atoms with Crippen LogP contribution in [0.5, 0.6) is 0 Å². The zero-order valence-electron chi connectivity index (χ0n) is 12.5. The molecule has 1 aromatic heterocycles. The summed E-state index contributed by atoms with van der Waals surface area (Å²) in [5.74, 6) is 0.0408. The molecule has 1 amide bonds. The number of hydrogen-bond donors (Lipinski definition) is 1. The Morgan fingerprint density at radius 3 is 2.55 bits per heavy atom. The average molecular weight is 322 g/mol. The number of thiazole rings is 1. The number of carbonyl (C=O) groups excluding carboxylic acids is 1. The lowest BCUT2D eigenvalue weighted by atomic mass is 9.93. The third kappa shape index (κ3) is 5.26. The van der Waals surface area contributed by atoms with Crippen LogP contribution in [-0.2, 0) is 11.3 Å². The summed E-state index contributed by atoms with van der Waals surface area (Å²) in [6.07, 6.45) is 0.342. The molecule has 0 spiro atoms. The molecule has 0 fully saturated rings. The first-order valence-corrected chi connectivity index (χ1v) is 7.24. The van der Waals surface area contributed by atoms with Crippen molar-refractivity contribution in [2.45, 2.75) is 33.7 Å². The van der Waals surface area contributed by atoms with Gasteiger partial charge < -0.3 is 15.2 Å². The summed E-state index contributed by atoms with van der Waals surface area (Å²) in [5, 5.41) is 1.81. The number of nitrogens with two attached hydrogens (primary N) is 1. The summed E-state index contributed by atoms with van der Waals surface area (Å²) in [6, 6.07) is 0. The van der Waals surface area contributed by atoms with E-state index in [0.29, 0.717) is 26.1 Å². The molecule has 0 atom stereocenters. The summed E-state index contributed by atoms with van der Waals surface area (Å²) < 4.78 is 1.64. The molecule has 5 nitrogen and oxygen atoms in total. The van der Waals surface area contributed by atoms with E-state index >= 15 is 0 Å². The van der Waals surface area contributed by atoms with E-state index in [1.54, 1.807) is 16.5 Å². The fraction of sp³-hybridized carbons (Fsp3) is 0.692. The van der Waals surface area contributed by atoms with Gasteiger partial charge >= 0.3 is 4.87 Å². The minimum Gasteiger partial charge on any atom is -0.345 e. The molecule has 7 heteroatoms. The minimum absolute atomic E-state index is 0. The fourth-order valence-corrected chi connectivity index (χ4v) is 2.63. The van der Waals surface area contributed by atoms with Crippen LogP contribution in [0.3, 0.4) is 0 Å². The predicted octanol–water partition coefficient (Wildman–Crippen LogP) is 1.47. The van der Waals surface area contributed by atoms with Gasteiger partial charge in [0.15, 0.2) is 0 Å². The van der Waals surface area contributed by atoms with Crippen molar-refractivity contribution in [1.29, 1.82) is 0 Å². The third-order valence-electron chi connectivity index (χ3n) is 3.17. The molecule has 0 aliphatic carbocycles. The molecule has 1 rings (SSSR count). The first-order valence-electron chi connectivity index (χ1n) is 6.36. The summed E-state index contributed by atoms with van der Waals surface area (Å²) >= 11 is 1.17. The number of nitrogens with zero attached hydrogens (tertiary/aromatic N) is 2. The van der Waals surface area contributed by atoms with Crippen LogP contribution < -0.4 is 10.6 Å². The molecule has 2 N–H and O–H groups in total. The first kappa shape index (κ1) is 19.1. The molecular formula is C13H24ClN3O2S.